The first-order chi connectivity index (χ1) is 9.16. The number of hydrogen-bond donors (Lipinski definition) is 2. The van der Waals surface area contributed by atoms with Crippen LogP contribution in [-0.4, -0.2) is 36.2 Å². The number of carbonyl (C=O) groups excluding carboxylic acids is 1. The molecule has 5 heteroatoms. The van der Waals surface area contributed by atoms with Crippen LogP contribution in [0.25, 0.3) is 0 Å². The summed E-state index contributed by atoms with van der Waals surface area (Å²) >= 11 is 0. The fraction of sp³-hybridized carbons (Fsp3) is 0.429. The molecule has 0 saturated carbocycles. The van der Waals surface area contributed by atoms with Crippen molar-refractivity contribution in [3.63, 3.8) is 0 Å². The van der Waals surface area contributed by atoms with Gasteiger partial charge in [-0.2, -0.15) is 0 Å². The predicted molar refractivity (Wildman–Crippen MR) is 69.1 cm³/mol. The van der Waals surface area contributed by atoms with Gasteiger partial charge in [0.1, 0.15) is 0 Å². The number of rotatable bonds is 5. The van der Waals surface area contributed by atoms with Crippen LogP contribution in [0.4, 0.5) is 0 Å². The number of carbonyl (C=O) groups is 2. The molecule has 0 aromatic heterocycles. The number of carboxylic acids is 1. The van der Waals surface area contributed by atoms with E-state index in [0.717, 1.165) is 19.4 Å². The van der Waals surface area contributed by atoms with Gasteiger partial charge in [-0.1, -0.05) is 18.2 Å². The van der Waals surface area contributed by atoms with E-state index in [0.29, 0.717) is 17.7 Å². The van der Waals surface area contributed by atoms with Crippen LogP contribution in [0, 0.1) is 0 Å². The van der Waals surface area contributed by atoms with Crippen molar-refractivity contribution in [1.82, 2.24) is 5.32 Å². The van der Waals surface area contributed by atoms with Gasteiger partial charge in [0.15, 0.2) is 0 Å². The summed E-state index contributed by atoms with van der Waals surface area (Å²) < 4.78 is 5.43. The SMILES string of the molecule is O=C(O)Cc1ccccc1C(=O)NCC1CCCO1. The van der Waals surface area contributed by atoms with Crippen LogP contribution in [0.5, 0.6) is 0 Å². The second kappa shape index (κ2) is 6.33. The Hall–Kier alpha value is -1.88. The minimum absolute atomic E-state index is 0.0792. The van der Waals surface area contributed by atoms with Crippen LogP contribution in [0.1, 0.15) is 28.8 Å². The van der Waals surface area contributed by atoms with Crippen molar-refractivity contribution < 1.29 is 19.4 Å². The van der Waals surface area contributed by atoms with Gasteiger partial charge in [-0.05, 0) is 24.5 Å². The summed E-state index contributed by atoms with van der Waals surface area (Å²) in [4.78, 5) is 22.8. The highest BCUT2D eigenvalue weighted by Crippen LogP contribution is 2.12. The molecular formula is C14H17NO4. The zero-order chi connectivity index (χ0) is 13.7. The van der Waals surface area contributed by atoms with Gasteiger partial charge in [0.2, 0.25) is 0 Å². The maximum atomic E-state index is 12.0. The van der Waals surface area contributed by atoms with Gasteiger partial charge in [0, 0.05) is 18.7 Å². The Kier molecular flexibility index (Phi) is 4.52. The number of aliphatic carboxylic acids is 1. The number of benzene rings is 1. The third-order valence-electron chi connectivity index (χ3n) is 3.12. The maximum absolute atomic E-state index is 12.0. The molecule has 0 aliphatic carbocycles. The molecule has 2 rings (SSSR count). The van der Waals surface area contributed by atoms with E-state index < -0.39 is 5.97 Å². The largest absolute Gasteiger partial charge is 0.481 e. The minimum Gasteiger partial charge on any atom is -0.481 e. The molecule has 1 aliphatic rings. The summed E-state index contributed by atoms with van der Waals surface area (Å²) in [6.07, 6.45) is 1.91. The maximum Gasteiger partial charge on any atom is 0.307 e. The summed E-state index contributed by atoms with van der Waals surface area (Å²) in [6, 6.07) is 6.76. The van der Waals surface area contributed by atoms with Crippen LogP contribution < -0.4 is 5.32 Å². The minimum atomic E-state index is -0.945. The molecule has 1 aromatic carbocycles. The first kappa shape index (κ1) is 13.5. The van der Waals surface area contributed by atoms with Crippen molar-refractivity contribution in [2.24, 2.45) is 0 Å². The third-order valence-corrected chi connectivity index (χ3v) is 3.12. The van der Waals surface area contributed by atoms with E-state index in [9.17, 15) is 9.59 Å². The Morgan fingerprint density at radius 2 is 2.16 bits per heavy atom. The monoisotopic (exact) mass is 263 g/mol. The van der Waals surface area contributed by atoms with Gasteiger partial charge in [-0.3, -0.25) is 9.59 Å². The number of nitrogens with one attached hydrogen (secondary N) is 1. The number of carboxylic acid groups (broad SMARTS) is 1. The van der Waals surface area contributed by atoms with Crippen LogP contribution in [-0.2, 0) is 16.0 Å². The summed E-state index contributed by atoms with van der Waals surface area (Å²) in [5.74, 6) is -1.19. The fourth-order valence-corrected chi connectivity index (χ4v) is 2.17. The molecule has 19 heavy (non-hydrogen) atoms. The van der Waals surface area contributed by atoms with E-state index in [2.05, 4.69) is 5.32 Å². The number of hydrogen-bond acceptors (Lipinski definition) is 3. The molecule has 1 fully saturated rings. The third kappa shape index (κ3) is 3.79. The highest BCUT2D eigenvalue weighted by Gasteiger charge is 2.18. The van der Waals surface area contributed by atoms with E-state index >= 15 is 0 Å². The molecule has 1 atom stereocenters. The zero-order valence-corrected chi connectivity index (χ0v) is 10.6. The standard InChI is InChI=1S/C14H17NO4/c16-13(17)8-10-4-1-2-6-12(10)14(18)15-9-11-5-3-7-19-11/h1-2,4,6,11H,3,5,7-9H2,(H,15,18)(H,16,17). The van der Waals surface area contributed by atoms with Crippen molar-refractivity contribution in [1.29, 1.82) is 0 Å². The van der Waals surface area contributed by atoms with Gasteiger partial charge in [0.05, 0.1) is 12.5 Å². The number of amides is 1. The lowest BCUT2D eigenvalue weighted by Gasteiger charge is -2.12. The lowest BCUT2D eigenvalue weighted by Crippen LogP contribution is -2.32. The topological polar surface area (TPSA) is 75.6 Å². The predicted octanol–water partition coefficient (Wildman–Crippen LogP) is 1.22. The molecule has 1 saturated heterocycles. The molecular weight excluding hydrogens is 246 g/mol. The van der Waals surface area contributed by atoms with E-state index in [4.69, 9.17) is 9.84 Å². The molecule has 1 aliphatic heterocycles. The van der Waals surface area contributed by atoms with Crippen molar-refractivity contribution in [2.45, 2.75) is 25.4 Å². The Morgan fingerprint density at radius 1 is 1.37 bits per heavy atom. The molecule has 1 aromatic rings. The van der Waals surface area contributed by atoms with E-state index in [-0.39, 0.29) is 18.4 Å². The molecule has 0 radical (unpaired) electrons. The van der Waals surface area contributed by atoms with Crippen LogP contribution in [0.15, 0.2) is 24.3 Å². The van der Waals surface area contributed by atoms with Crippen molar-refractivity contribution >= 4 is 11.9 Å². The molecule has 1 unspecified atom stereocenters. The second-order valence-electron chi connectivity index (χ2n) is 4.57. The Bertz CT molecular complexity index is 466. The molecule has 0 bridgehead atoms. The summed E-state index contributed by atoms with van der Waals surface area (Å²) in [6.45, 7) is 1.22. The molecule has 1 heterocycles. The van der Waals surface area contributed by atoms with Gasteiger partial charge >= 0.3 is 5.97 Å². The van der Waals surface area contributed by atoms with Gasteiger partial charge in [-0.25, -0.2) is 0 Å². The lowest BCUT2D eigenvalue weighted by molar-refractivity contribution is -0.136. The van der Waals surface area contributed by atoms with E-state index in [1.54, 1.807) is 24.3 Å². The summed E-state index contributed by atoms with van der Waals surface area (Å²) in [7, 11) is 0. The quantitative estimate of drug-likeness (QED) is 0.837. The average Bonchev–Trinajstić information content (AvgIpc) is 2.89. The normalized spacial score (nSPS) is 18.2. The molecule has 2 N–H and O–H groups in total. The summed E-state index contributed by atoms with van der Waals surface area (Å²) in [5.41, 5.74) is 0.947. The number of ether oxygens (including phenoxy) is 1. The highest BCUT2D eigenvalue weighted by molar-refractivity contribution is 5.96. The van der Waals surface area contributed by atoms with Crippen molar-refractivity contribution in [3.05, 3.63) is 35.4 Å². The summed E-state index contributed by atoms with van der Waals surface area (Å²) in [5, 5.41) is 11.6. The smallest absolute Gasteiger partial charge is 0.307 e. The van der Waals surface area contributed by atoms with Gasteiger partial charge in [-0.15, -0.1) is 0 Å². The molecule has 1 amide bonds. The average molecular weight is 263 g/mol. The Labute approximate surface area is 111 Å². The van der Waals surface area contributed by atoms with Crippen molar-refractivity contribution in [3.8, 4) is 0 Å². The van der Waals surface area contributed by atoms with Crippen LogP contribution in [0.2, 0.25) is 0 Å². The molecule has 5 nitrogen and oxygen atoms in total. The van der Waals surface area contributed by atoms with Gasteiger partial charge in [0.25, 0.3) is 5.91 Å². The Balaban J connectivity index is 1.99. The second-order valence-corrected chi connectivity index (χ2v) is 4.57. The first-order valence-corrected chi connectivity index (χ1v) is 6.36. The van der Waals surface area contributed by atoms with Crippen molar-refractivity contribution in [2.75, 3.05) is 13.2 Å². The molecule has 0 spiro atoms. The van der Waals surface area contributed by atoms with E-state index in [1.165, 1.54) is 0 Å². The molecule has 102 valence electrons. The van der Waals surface area contributed by atoms with Crippen LogP contribution >= 0.6 is 0 Å². The zero-order valence-electron chi connectivity index (χ0n) is 10.6. The Morgan fingerprint density at radius 3 is 2.84 bits per heavy atom. The van der Waals surface area contributed by atoms with Crippen LogP contribution in [0.3, 0.4) is 0 Å². The first-order valence-electron chi connectivity index (χ1n) is 6.36. The lowest BCUT2D eigenvalue weighted by atomic mass is 10.0. The fourth-order valence-electron chi connectivity index (χ4n) is 2.17. The van der Waals surface area contributed by atoms with Gasteiger partial charge < -0.3 is 15.2 Å². The van der Waals surface area contributed by atoms with E-state index in [1.807, 2.05) is 0 Å². The highest BCUT2D eigenvalue weighted by atomic mass is 16.5.